The van der Waals surface area contributed by atoms with Gasteiger partial charge in [-0.2, -0.15) is 5.10 Å². The number of alkyl halides is 2. The van der Waals surface area contributed by atoms with Gasteiger partial charge in [0, 0.05) is 38.7 Å². The normalized spacial score (nSPS) is 16.5. The number of oxazole rings is 1. The van der Waals surface area contributed by atoms with Crippen LogP contribution in [0.2, 0.25) is 0 Å². The Labute approximate surface area is 175 Å². The number of amides is 1. The number of ether oxygens (including phenoxy) is 3. The molecule has 1 atom stereocenters. The van der Waals surface area contributed by atoms with Crippen molar-refractivity contribution in [2.24, 2.45) is 0 Å². The van der Waals surface area contributed by atoms with Crippen LogP contribution in [0.25, 0.3) is 0 Å². The van der Waals surface area contributed by atoms with Gasteiger partial charge in [0.1, 0.15) is 12.0 Å². The SMILES string of the molecule is COC(F)(F)Oc1ccc(OCc2nc(C(=O)N3CCC(n4cccn4)C3)co2)cn1. The van der Waals surface area contributed by atoms with E-state index in [2.05, 4.69) is 24.5 Å². The van der Waals surface area contributed by atoms with Crippen molar-refractivity contribution in [3.63, 3.8) is 0 Å². The van der Waals surface area contributed by atoms with Gasteiger partial charge in [-0.05, 0) is 18.6 Å². The van der Waals surface area contributed by atoms with Crippen LogP contribution in [0, 0.1) is 0 Å². The summed E-state index contributed by atoms with van der Waals surface area (Å²) in [5.41, 5.74) is 0.184. The molecule has 164 valence electrons. The minimum Gasteiger partial charge on any atom is -0.482 e. The molecule has 1 saturated heterocycles. The van der Waals surface area contributed by atoms with Crippen LogP contribution in [0.4, 0.5) is 8.78 Å². The third-order valence-corrected chi connectivity index (χ3v) is 4.65. The van der Waals surface area contributed by atoms with E-state index in [1.807, 2.05) is 16.9 Å². The van der Waals surface area contributed by atoms with Crippen molar-refractivity contribution in [3.8, 4) is 11.6 Å². The second kappa shape index (κ2) is 8.68. The molecule has 0 aromatic carbocycles. The lowest BCUT2D eigenvalue weighted by molar-refractivity contribution is -0.343. The van der Waals surface area contributed by atoms with Gasteiger partial charge in [0.15, 0.2) is 12.3 Å². The van der Waals surface area contributed by atoms with E-state index in [0.717, 1.165) is 13.5 Å². The number of carbonyl (C=O) groups excluding carboxylic acids is 1. The second-order valence-corrected chi connectivity index (χ2v) is 6.70. The molecule has 0 aliphatic carbocycles. The molecule has 3 aromatic heterocycles. The van der Waals surface area contributed by atoms with Crippen LogP contribution in [-0.4, -0.2) is 57.0 Å². The van der Waals surface area contributed by atoms with Gasteiger partial charge >= 0.3 is 6.29 Å². The molecule has 0 bridgehead atoms. The van der Waals surface area contributed by atoms with E-state index < -0.39 is 6.29 Å². The first-order valence-corrected chi connectivity index (χ1v) is 9.37. The first-order chi connectivity index (χ1) is 14.9. The van der Waals surface area contributed by atoms with Crippen molar-refractivity contribution in [1.82, 2.24) is 24.6 Å². The minimum atomic E-state index is -3.77. The summed E-state index contributed by atoms with van der Waals surface area (Å²) in [5, 5.41) is 4.22. The molecule has 3 aromatic rings. The number of carbonyl (C=O) groups is 1. The Morgan fingerprint density at radius 2 is 2.26 bits per heavy atom. The molecular formula is C19H19F2N5O5. The highest BCUT2D eigenvalue weighted by molar-refractivity contribution is 5.92. The number of aromatic nitrogens is 4. The van der Waals surface area contributed by atoms with Crippen LogP contribution < -0.4 is 9.47 Å². The second-order valence-electron chi connectivity index (χ2n) is 6.70. The van der Waals surface area contributed by atoms with E-state index in [9.17, 15) is 13.6 Å². The van der Waals surface area contributed by atoms with Gasteiger partial charge in [0.05, 0.1) is 12.2 Å². The number of pyridine rings is 1. The van der Waals surface area contributed by atoms with Crippen LogP contribution in [0.3, 0.4) is 0 Å². The van der Waals surface area contributed by atoms with Crippen LogP contribution >= 0.6 is 0 Å². The van der Waals surface area contributed by atoms with Crippen molar-refractivity contribution >= 4 is 5.91 Å². The van der Waals surface area contributed by atoms with Gasteiger partial charge in [0.25, 0.3) is 5.91 Å². The molecule has 4 heterocycles. The molecule has 0 saturated carbocycles. The summed E-state index contributed by atoms with van der Waals surface area (Å²) in [6.07, 6.45) is 3.11. The Morgan fingerprint density at radius 3 is 2.97 bits per heavy atom. The highest BCUT2D eigenvalue weighted by Gasteiger charge is 2.32. The molecular weight excluding hydrogens is 416 g/mol. The molecule has 0 N–H and O–H groups in total. The molecule has 12 heteroatoms. The Balaban J connectivity index is 1.30. The third-order valence-electron chi connectivity index (χ3n) is 4.65. The summed E-state index contributed by atoms with van der Waals surface area (Å²) in [4.78, 5) is 22.2. The summed E-state index contributed by atoms with van der Waals surface area (Å²) in [5.74, 6) is -0.0904. The lowest BCUT2D eigenvalue weighted by Gasteiger charge is -2.15. The predicted octanol–water partition coefficient (Wildman–Crippen LogP) is 2.51. The van der Waals surface area contributed by atoms with Crippen LogP contribution in [0.15, 0.2) is 47.5 Å². The molecule has 1 aliphatic heterocycles. The fourth-order valence-corrected chi connectivity index (χ4v) is 3.10. The lowest BCUT2D eigenvalue weighted by atomic mass is 10.3. The summed E-state index contributed by atoms with van der Waals surface area (Å²) >= 11 is 0. The largest absolute Gasteiger partial charge is 0.536 e. The van der Waals surface area contributed by atoms with Gasteiger partial charge < -0.3 is 18.8 Å². The smallest absolute Gasteiger partial charge is 0.482 e. The third kappa shape index (κ3) is 4.97. The van der Waals surface area contributed by atoms with Crippen molar-refractivity contribution in [1.29, 1.82) is 0 Å². The van der Waals surface area contributed by atoms with Gasteiger partial charge in [0.2, 0.25) is 11.8 Å². The molecule has 0 spiro atoms. The summed E-state index contributed by atoms with van der Waals surface area (Å²) in [6, 6.07) is 4.58. The van der Waals surface area contributed by atoms with Crippen LogP contribution in [0.1, 0.15) is 28.8 Å². The predicted molar refractivity (Wildman–Crippen MR) is 99.4 cm³/mol. The topological polar surface area (TPSA) is 105 Å². The number of rotatable bonds is 8. The number of hydrogen-bond acceptors (Lipinski definition) is 8. The zero-order chi connectivity index (χ0) is 21.8. The highest BCUT2D eigenvalue weighted by atomic mass is 19.3. The Bertz CT molecular complexity index is 1010. The average molecular weight is 435 g/mol. The quantitative estimate of drug-likeness (QED) is 0.497. The van der Waals surface area contributed by atoms with E-state index in [4.69, 9.17) is 9.15 Å². The highest BCUT2D eigenvalue weighted by Crippen LogP contribution is 2.23. The van der Waals surface area contributed by atoms with E-state index in [1.54, 1.807) is 11.1 Å². The summed E-state index contributed by atoms with van der Waals surface area (Å²) in [7, 11) is 0.814. The monoisotopic (exact) mass is 435 g/mol. The molecule has 1 amide bonds. The first kappa shape index (κ1) is 20.7. The Hall–Kier alpha value is -3.54. The number of halogens is 2. The van der Waals surface area contributed by atoms with E-state index in [0.29, 0.717) is 13.1 Å². The fourth-order valence-electron chi connectivity index (χ4n) is 3.10. The van der Waals surface area contributed by atoms with Gasteiger partial charge in [-0.3, -0.25) is 14.2 Å². The number of hydrogen-bond donors (Lipinski definition) is 0. The molecule has 0 radical (unpaired) electrons. The average Bonchev–Trinajstić information content (AvgIpc) is 3.54. The maximum atomic E-state index is 13.0. The molecule has 1 fully saturated rings. The van der Waals surface area contributed by atoms with E-state index >= 15 is 0 Å². The van der Waals surface area contributed by atoms with Crippen molar-refractivity contribution < 1.29 is 32.2 Å². The number of likely N-dealkylation sites (tertiary alicyclic amines) is 1. The zero-order valence-electron chi connectivity index (χ0n) is 16.5. The molecule has 4 rings (SSSR count). The zero-order valence-corrected chi connectivity index (χ0v) is 16.5. The standard InChI is InChI=1S/C19H19F2N5O5/c1-28-19(20,21)31-16-4-3-14(9-22-16)29-12-17-24-15(11-30-17)18(27)25-8-5-13(10-25)26-7-2-6-23-26/h2-4,6-7,9,11,13H,5,8,10,12H2,1H3. The number of methoxy groups -OCH3 is 1. The van der Waals surface area contributed by atoms with Crippen molar-refractivity contribution in [2.75, 3.05) is 20.2 Å². The maximum absolute atomic E-state index is 13.0. The van der Waals surface area contributed by atoms with Gasteiger partial charge in [-0.15, -0.1) is 8.78 Å². The van der Waals surface area contributed by atoms with E-state index in [1.165, 1.54) is 24.6 Å². The molecule has 31 heavy (non-hydrogen) atoms. The number of nitrogens with zero attached hydrogens (tertiary/aromatic N) is 5. The molecule has 1 aliphatic rings. The van der Waals surface area contributed by atoms with E-state index in [-0.39, 0.29) is 41.8 Å². The fraction of sp³-hybridized carbons (Fsp3) is 0.368. The maximum Gasteiger partial charge on any atom is 0.536 e. The Kier molecular flexibility index (Phi) is 5.80. The summed E-state index contributed by atoms with van der Waals surface area (Å²) < 4.78 is 46.8. The molecule has 10 nitrogen and oxygen atoms in total. The van der Waals surface area contributed by atoms with Gasteiger partial charge in [-0.25, -0.2) is 9.97 Å². The van der Waals surface area contributed by atoms with Crippen LogP contribution in [-0.2, 0) is 11.3 Å². The van der Waals surface area contributed by atoms with Gasteiger partial charge in [-0.1, -0.05) is 0 Å². The van der Waals surface area contributed by atoms with Crippen molar-refractivity contribution in [3.05, 3.63) is 54.6 Å². The molecule has 1 unspecified atom stereocenters. The lowest BCUT2D eigenvalue weighted by Crippen LogP contribution is -2.29. The summed E-state index contributed by atoms with van der Waals surface area (Å²) in [6.45, 7) is 1.07. The Morgan fingerprint density at radius 1 is 1.39 bits per heavy atom. The van der Waals surface area contributed by atoms with Crippen molar-refractivity contribution in [2.45, 2.75) is 25.4 Å². The first-order valence-electron chi connectivity index (χ1n) is 9.37. The van der Waals surface area contributed by atoms with Crippen LogP contribution in [0.5, 0.6) is 11.6 Å². The minimum absolute atomic E-state index is 0.0701.